The summed E-state index contributed by atoms with van der Waals surface area (Å²) < 4.78 is 0. The zero-order valence-electron chi connectivity index (χ0n) is 9.98. The number of nitrogen functional groups attached to an aromatic ring is 1. The molecule has 1 aromatic heterocycles. The van der Waals surface area contributed by atoms with E-state index < -0.39 is 0 Å². The van der Waals surface area contributed by atoms with Gasteiger partial charge >= 0.3 is 0 Å². The quantitative estimate of drug-likeness (QED) is 0.682. The molecule has 0 atom stereocenters. The molecule has 0 radical (unpaired) electrons. The van der Waals surface area contributed by atoms with Crippen molar-refractivity contribution in [2.45, 2.75) is 13.3 Å². The van der Waals surface area contributed by atoms with Crippen molar-refractivity contribution in [2.24, 2.45) is 0 Å². The number of anilines is 1. The number of benzene rings is 1. The number of hydrogen-bond acceptors (Lipinski definition) is 3. The number of aryl methyl sites for hydroxylation is 1. The average molecular weight is 261 g/mol. The molecule has 0 aliphatic carbocycles. The summed E-state index contributed by atoms with van der Waals surface area (Å²) in [5.74, 6) is -0.116. The molecule has 0 aliphatic rings. The van der Waals surface area contributed by atoms with Crippen LogP contribution in [0, 0.1) is 6.92 Å². The van der Waals surface area contributed by atoms with Gasteiger partial charge in [-0.15, -0.1) is 0 Å². The number of aromatic nitrogens is 1. The lowest BCUT2D eigenvalue weighted by molar-refractivity contribution is 0.0993. The Morgan fingerprint density at radius 3 is 2.56 bits per heavy atom. The Morgan fingerprint density at radius 2 is 1.94 bits per heavy atom. The first kappa shape index (κ1) is 12.6. The van der Waals surface area contributed by atoms with Crippen LogP contribution in [0.4, 0.5) is 5.69 Å². The molecule has 1 aromatic carbocycles. The Labute approximate surface area is 111 Å². The van der Waals surface area contributed by atoms with Crippen LogP contribution in [0.25, 0.3) is 0 Å². The third-order valence-electron chi connectivity index (χ3n) is 2.70. The minimum absolute atomic E-state index is 0.116. The van der Waals surface area contributed by atoms with Crippen molar-refractivity contribution in [1.82, 2.24) is 4.98 Å². The number of hydrogen-bond donors (Lipinski definition) is 1. The summed E-state index contributed by atoms with van der Waals surface area (Å²) in [6.45, 7) is 2.00. The van der Waals surface area contributed by atoms with E-state index in [0.717, 1.165) is 11.1 Å². The first-order chi connectivity index (χ1) is 8.58. The number of halogens is 1. The monoisotopic (exact) mass is 260 g/mol. The van der Waals surface area contributed by atoms with Crippen LogP contribution in [0.3, 0.4) is 0 Å². The number of nitrogens with two attached hydrogens (primary N) is 1. The lowest BCUT2D eigenvalue weighted by Gasteiger charge is -2.06. The maximum absolute atomic E-state index is 12.1. The van der Waals surface area contributed by atoms with Gasteiger partial charge in [0, 0.05) is 18.3 Å². The highest BCUT2D eigenvalue weighted by molar-refractivity contribution is 6.33. The highest BCUT2D eigenvalue weighted by Crippen LogP contribution is 2.21. The molecule has 0 fully saturated rings. The zero-order chi connectivity index (χ0) is 13.1. The molecule has 2 rings (SSSR count). The Hall–Kier alpha value is -1.87. The molecule has 92 valence electrons. The molecule has 0 saturated heterocycles. The lowest BCUT2D eigenvalue weighted by Crippen LogP contribution is -2.08. The standard InChI is InChI=1S/C14H13ClN2O/c1-9-2-4-10(5-3-9)8-12(18)13-11(16)6-7-17-14(13)15/h2-7H,8H2,1H3,(H2,16,17). The van der Waals surface area contributed by atoms with Gasteiger partial charge in [-0.25, -0.2) is 4.98 Å². The summed E-state index contributed by atoms with van der Waals surface area (Å²) in [7, 11) is 0. The summed E-state index contributed by atoms with van der Waals surface area (Å²) in [5.41, 5.74) is 8.52. The van der Waals surface area contributed by atoms with Gasteiger partial charge in [0.05, 0.1) is 5.56 Å². The normalized spacial score (nSPS) is 10.3. The Kier molecular flexibility index (Phi) is 3.63. The Balaban J connectivity index is 2.25. The molecule has 0 saturated carbocycles. The third kappa shape index (κ3) is 2.68. The van der Waals surface area contributed by atoms with Crippen LogP contribution in [-0.2, 0) is 6.42 Å². The average Bonchev–Trinajstić information content (AvgIpc) is 2.32. The van der Waals surface area contributed by atoms with Crippen LogP contribution in [0.5, 0.6) is 0 Å². The van der Waals surface area contributed by atoms with E-state index in [-0.39, 0.29) is 17.4 Å². The topological polar surface area (TPSA) is 56.0 Å². The van der Waals surface area contributed by atoms with Gasteiger partial charge in [-0.3, -0.25) is 4.79 Å². The fourth-order valence-electron chi connectivity index (χ4n) is 1.71. The molecule has 0 bridgehead atoms. The summed E-state index contributed by atoms with van der Waals surface area (Å²) in [6, 6.07) is 9.36. The largest absolute Gasteiger partial charge is 0.398 e. The second kappa shape index (κ2) is 5.19. The first-order valence-corrected chi connectivity index (χ1v) is 5.94. The fraction of sp³-hybridized carbons (Fsp3) is 0.143. The van der Waals surface area contributed by atoms with Gasteiger partial charge in [-0.05, 0) is 18.6 Å². The lowest BCUT2D eigenvalue weighted by atomic mass is 10.0. The minimum atomic E-state index is -0.116. The molecule has 0 unspecified atom stereocenters. The Bertz CT molecular complexity index is 559. The van der Waals surface area contributed by atoms with Gasteiger partial charge in [0.1, 0.15) is 5.15 Å². The number of pyridine rings is 1. The van der Waals surface area contributed by atoms with Crippen molar-refractivity contribution in [3.05, 3.63) is 58.4 Å². The first-order valence-electron chi connectivity index (χ1n) is 5.56. The van der Waals surface area contributed by atoms with Crippen LogP contribution >= 0.6 is 11.6 Å². The smallest absolute Gasteiger partial charge is 0.172 e. The summed E-state index contributed by atoms with van der Waals surface area (Å²) in [4.78, 5) is 16.0. The van der Waals surface area contributed by atoms with Crippen molar-refractivity contribution in [3.8, 4) is 0 Å². The fourth-order valence-corrected chi connectivity index (χ4v) is 1.98. The van der Waals surface area contributed by atoms with Gasteiger partial charge < -0.3 is 5.73 Å². The number of carbonyl (C=O) groups excluding carboxylic acids is 1. The van der Waals surface area contributed by atoms with Crippen molar-refractivity contribution < 1.29 is 4.79 Å². The SMILES string of the molecule is Cc1ccc(CC(=O)c2c(N)ccnc2Cl)cc1. The van der Waals surface area contributed by atoms with Crippen LogP contribution in [0.15, 0.2) is 36.5 Å². The van der Waals surface area contributed by atoms with Gasteiger partial charge in [0.2, 0.25) is 0 Å². The molecule has 3 nitrogen and oxygen atoms in total. The number of carbonyl (C=O) groups is 1. The van der Waals surface area contributed by atoms with Gasteiger partial charge in [0.25, 0.3) is 0 Å². The summed E-state index contributed by atoms with van der Waals surface area (Å²) >= 11 is 5.90. The summed E-state index contributed by atoms with van der Waals surface area (Å²) in [6.07, 6.45) is 1.76. The van der Waals surface area contributed by atoms with Crippen molar-refractivity contribution in [1.29, 1.82) is 0 Å². The molecule has 0 aliphatic heterocycles. The molecule has 2 N–H and O–H groups in total. The van der Waals surface area contributed by atoms with E-state index in [0.29, 0.717) is 11.3 Å². The van der Waals surface area contributed by atoms with E-state index in [9.17, 15) is 4.79 Å². The minimum Gasteiger partial charge on any atom is -0.398 e. The third-order valence-corrected chi connectivity index (χ3v) is 2.99. The second-order valence-electron chi connectivity index (χ2n) is 4.15. The van der Waals surface area contributed by atoms with Crippen LogP contribution in [0.1, 0.15) is 21.5 Å². The number of ketones is 1. The predicted octanol–water partition coefficient (Wildman–Crippen LogP) is 3.05. The summed E-state index contributed by atoms with van der Waals surface area (Å²) in [5, 5.41) is 0.159. The van der Waals surface area contributed by atoms with Crippen molar-refractivity contribution in [2.75, 3.05) is 5.73 Å². The second-order valence-corrected chi connectivity index (χ2v) is 4.51. The molecular weight excluding hydrogens is 248 g/mol. The van der Waals surface area contributed by atoms with Crippen molar-refractivity contribution in [3.63, 3.8) is 0 Å². The molecule has 2 aromatic rings. The highest BCUT2D eigenvalue weighted by Gasteiger charge is 2.15. The van der Waals surface area contributed by atoms with E-state index in [1.165, 1.54) is 6.20 Å². The van der Waals surface area contributed by atoms with Crippen LogP contribution < -0.4 is 5.73 Å². The number of rotatable bonds is 3. The molecular formula is C14H13ClN2O. The predicted molar refractivity (Wildman–Crippen MR) is 72.9 cm³/mol. The number of nitrogens with zero attached hydrogens (tertiary/aromatic N) is 1. The van der Waals surface area contributed by atoms with E-state index in [4.69, 9.17) is 17.3 Å². The zero-order valence-corrected chi connectivity index (χ0v) is 10.7. The molecule has 0 amide bonds. The highest BCUT2D eigenvalue weighted by atomic mass is 35.5. The number of Topliss-reactive ketones (excluding diaryl/α,β-unsaturated/α-hetero) is 1. The van der Waals surface area contributed by atoms with E-state index in [1.54, 1.807) is 6.07 Å². The van der Waals surface area contributed by atoms with E-state index >= 15 is 0 Å². The molecule has 4 heteroatoms. The molecule has 18 heavy (non-hydrogen) atoms. The van der Waals surface area contributed by atoms with E-state index in [1.807, 2.05) is 31.2 Å². The molecule has 1 heterocycles. The van der Waals surface area contributed by atoms with Gasteiger partial charge in [0.15, 0.2) is 5.78 Å². The van der Waals surface area contributed by atoms with E-state index in [2.05, 4.69) is 4.98 Å². The Morgan fingerprint density at radius 1 is 1.28 bits per heavy atom. The van der Waals surface area contributed by atoms with Gasteiger partial charge in [-0.2, -0.15) is 0 Å². The maximum Gasteiger partial charge on any atom is 0.172 e. The van der Waals surface area contributed by atoms with Crippen molar-refractivity contribution >= 4 is 23.1 Å². The van der Waals surface area contributed by atoms with Crippen LogP contribution in [0.2, 0.25) is 5.15 Å². The maximum atomic E-state index is 12.1. The van der Waals surface area contributed by atoms with Gasteiger partial charge in [-0.1, -0.05) is 41.4 Å². The molecule has 0 spiro atoms. The van der Waals surface area contributed by atoms with Crippen LogP contribution in [-0.4, -0.2) is 10.8 Å².